The van der Waals surface area contributed by atoms with E-state index >= 15 is 0 Å². The average molecular weight is 374 g/mol. The Kier molecular flexibility index (Phi) is 4.74. The van der Waals surface area contributed by atoms with Gasteiger partial charge in [-0.05, 0) is 39.3 Å². The number of phenols is 2. The van der Waals surface area contributed by atoms with Crippen LogP contribution in [-0.2, 0) is 0 Å². The molecule has 2 saturated heterocycles. The van der Waals surface area contributed by atoms with E-state index in [1.54, 1.807) is 0 Å². The molecule has 0 amide bonds. The van der Waals surface area contributed by atoms with E-state index in [0.717, 1.165) is 38.9 Å². The van der Waals surface area contributed by atoms with Crippen LogP contribution in [0, 0.1) is 0 Å². The van der Waals surface area contributed by atoms with Gasteiger partial charge in [0, 0.05) is 43.2 Å². The average Bonchev–Trinajstić information content (AvgIpc) is 2.63. The second kappa shape index (κ2) is 7.05. The molecule has 0 radical (unpaired) electrons. The molecular weight excluding hydrogens is 348 g/mol. The molecule has 7 nitrogen and oxygen atoms in total. The highest BCUT2D eigenvalue weighted by Crippen LogP contribution is 2.42. The van der Waals surface area contributed by atoms with Gasteiger partial charge in [-0.1, -0.05) is 0 Å². The van der Waals surface area contributed by atoms with Crippen LogP contribution in [0.4, 0.5) is 5.88 Å². The third-order valence-electron chi connectivity index (χ3n) is 5.81. The van der Waals surface area contributed by atoms with E-state index in [-0.39, 0.29) is 33.8 Å². The molecule has 0 unspecified atom stereocenters. The third-order valence-corrected chi connectivity index (χ3v) is 5.81. The number of aromatic hydroxyl groups is 2. The highest BCUT2D eigenvalue weighted by atomic mass is 16.4. The van der Waals surface area contributed by atoms with E-state index < -0.39 is 6.10 Å². The van der Waals surface area contributed by atoms with Gasteiger partial charge in [-0.3, -0.25) is 4.79 Å². The topological polar surface area (TPSA) is 97.4 Å². The Hall–Kier alpha value is -2.25. The molecule has 2 aromatic rings. The van der Waals surface area contributed by atoms with Crippen LogP contribution in [0.5, 0.6) is 11.5 Å². The lowest BCUT2D eigenvalue weighted by Gasteiger charge is -2.34. The molecule has 2 aliphatic heterocycles. The van der Waals surface area contributed by atoms with Crippen molar-refractivity contribution < 1.29 is 19.7 Å². The molecule has 0 aliphatic carbocycles. The quantitative estimate of drug-likeness (QED) is 0.739. The predicted molar refractivity (Wildman–Crippen MR) is 103 cm³/mol. The van der Waals surface area contributed by atoms with Crippen molar-refractivity contribution >= 4 is 16.9 Å². The number of hydrogen-bond acceptors (Lipinski definition) is 7. The fourth-order valence-electron chi connectivity index (χ4n) is 4.36. The zero-order valence-electron chi connectivity index (χ0n) is 15.5. The fraction of sp³-hybridized carbons (Fsp3) is 0.550. The number of hydrogen-bond donors (Lipinski definition) is 3. The van der Waals surface area contributed by atoms with Gasteiger partial charge < -0.3 is 29.5 Å². The Morgan fingerprint density at radius 2 is 1.81 bits per heavy atom. The molecular formula is C20H26N2O5. The van der Waals surface area contributed by atoms with Crippen molar-refractivity contribution in [3.8, 4) is 11.5 Å². The van der Waals surface area contributed by atoms with Gasteiger partial charge in [0.15, 0.2) is 16.9 Å². The minimum absolute atomic E-state index is 0.0645. The summed E-state index contributed by atoms with van der Waals surface area (Å²) >= 11 is 0. The van der Waals surface area contributed by atoms with E-state index in [0.29, 0.717) is 24.4 Å². The zero-order valence-corrected chi connectivity index (χ0v) is 15.5. The molecule has 7 heteroatoms. The van der Waals surface area contributed by atoms with Gasteiger partial charge in [0.05, 0.1) is 6.10 Å². The van der Waals surface area contributed by atoms with E-state index in [4.69, 9.17) is 4.42 Å². The summed E-state index contributed by atoms with van der Waals surface area (Å²) in [6, 6.07) is 2.60. The number of phenolic OH excluding ortho intramolecular Hbond substituents is 2. The minimum atomic E-state index is -0.689. The molecule has 2 atom stereocenters. The number of aliphatic hydroxyl groups excluding tert-OH is 1. The Morgan fingerprint density at radius 1 is 1.07 bits per heavy atom. The van der Waals surface area contributed by atoms with Gasteiger partial charge in [0.1, 0.15) is 16.9 Å². The van der Waals surface area contributed by atoms with Gasteiger partial charge in [-0.15, -0.1) is 0 Å². The first-order valence-electron chi connectivity index (χ1n) is 9.60. The van der Waals surface area contributed by atoms with Crippen LogP contribution in [0.3, 0.4) is 0 Å². The van der Waals surface area contributed by atoms with E-state index in [9.17, 15) is 20.1 Å². The zero-order chi connectivity index (χ0) is 19.1. The van der Waals surface area contributed by atoms with Crippen LogP contribution in [-0.4, -0.2) is 59.6 Å². The molecule has 3 N–H and O–H groups in total. The van der Waals surface area contributed by atoms with Gasteiger partial charge >= 0.3 is 0 Å². The summed E-state index contributed by atoms with van der Waals surface area (Å²) in [6.45, 7) is 2.86. The summed E-state index contributed by atoms with van der Waals surface area (Å²) in [6.07, 6.45) is 3.17. The fourth-order valence-corrected chi connectivity index (χ4v) is 4.36. The molecule has 3 heterocycles. The van der Waals surface area contributed by atoms with Crippen LogP contribution in [0.15, 0.2) is 21.3 Å². The molecule has 0 spiro atoms. The van der Waals surface area contributed by atoms with Crippen molar-refractivity contribution in [1.29, 1.82) is 0 Å². The molecule has 0 saturated carbocycles. The van der Waals surface area contributed by atoms with Gasteiger partial charge in [-0.25, -0.2) is 0 Å². The number of likely N-dealkylation sites (N-methyl/N-ethyl adjacent to an activating group) is 1. The van der Waals surface area contributed by atoms with Gasteiger partial charge in [0.25, 0.3) is 0 Å². The first kappa shape index (κ1) is 18.1. The summed E-state index contributed by atoms with van der Waals surface area (Å²) in [5.41, 5.74) is 0.270. The number of rotatable bonds is 2. The van der Waals surface area contributed by atoms with Crippen LogP contribution in [0.1, 0.15) is 37.2 Å². The van der Waals surface area contributed by atoms with Crippen LogP contribution in [0.2, 0.25) is 0 Å². The second-order valence-electron chi connectivity index (χ2n) is 7.75. The number of anilines is 1. The Labute approximate surface area is 157 Å². The van der Waals surface area contributed by atoms with Crippen molar-refractivity contribution in [2.24, 2.45) is 0 Å². The van der Waals surface area contributed by atoms with Crippen LogP contribution < -0.4 is 10.3 Å². The highest BCUT2D eigenvalue weighted by Gasteiger charge is 2.33. The number of piperidine rings is 2. The maximum Gasteiger partial charge on any atom is 0.200 e. The van der Waals surface area contributed by atoms with Crippen molar-refractivity contribution in [3.63, 3.8) is 0 Å². The number of fused-ring (bicyclic) bond motifs is 1. The first-order chi connectivity index (χ1) is 13.0. The first-order valence-corrected chi connectivity index (χ1v) is 9.60. The number of β-amino-alcohol motifs (C(OH)–C–C–N with tert-alkyl or cyclic N) is 1. The summed E-state index contributed by atoms with van der Waals surface area (Å²) in [5.74, 6) is -0.343. The Morgan fingerprint density at radius 3 is 2.52 bits per heavy atom. The number of aliphatic hydroxyl groups is 1. The molecule has 0 bridgehead atoms. The third kappa shape index (κ3) is 3.26. The normalized spacial score (nSPS) is 24.4. The summed E-state index contributed by atoms with van der Waals surface area (Å²) in [4.78, 5) is 16.8. The largest absolute Gasteiger partial charge is 0.507 e. The van der Waals surface area contributed by atoms with E-state index in [1.165, 1.54) is 12.1 Å². The van der Waals surface area contributed by atoms with Crippen LogP contribution >= 0.6 is 0 Å². The molecule has 1 aromatic heterocycles. The molecule has 1 aromatic carbocycles. The second-order valence-corrected chi connectivity index (χ2v) is 7.75. The van der Waals surface area contributed by atoms with Gasteiger partial charge in [-0.2, -0.15) is 0 Å². The van der Waals surface area contributed by atoms with Gasteiger partial charge in [0.2, 0.25) is 0 Å². The molecule has 4 rings (SSSR count). The lowest BCUT2D eigenvalue weighted by molar-refractivity contribution is 0.0630. The summed E-state index contributed by atoms with van der Waals surface area (Å²) in [7, 11) is 1.93. The minimum Gasteiger partial charge on any atom is -0.507 e. The maximum atomic E-state index is 12.7. The molecule has 146 valence electrons. The van der Waals surface area contributed by atoms with Crippen LogP contribution in [0.25, 0.3) is 11.0 Å². The van der Waals surface area contributed by atoms with Crippen molar-refractivity contribution in [3.05, 3.63) is 27.9 Å². The number of nitrogens with zero attached hydrogens (tertiary/aromatic N) is 2. The molecule has 27 heavy (non-hydrogen) atoms. The predicted octanol–water partition coefficient (Wildman–Crippen LogP) is 1.97. The number of likely N-dealkylation sites (tertiary alicyclic amines) is 1. The maximum absolute atomic E-state index is 12.7. The van der Waals surface area contributed by atoms with Crippen molar-refractivity contribution in [2.45, 2.75) is 37.7 Å². The summed E-state index contributed by atoms with van der Waals surface area (Å²) < 4.78 is 6.08. The highest BCUT2D eigenvalue weighted by molar-refractivity contribution is 5.89. The lowest BCUT2D eigenvalue weighted by Crippen LogP contribution is -2.40. The molecule has 2 fully saturated rings. The smallest absolute Gasteiger partial charge is 0.200 e. The lowest BCUT2D eigenvalue weighted by atomic mass is 9.85. The monoisotopic (exact) mass is 374 g/mol. The van der Waals surface area contributed by atoms with Crippen molar-refractivity contribution in [1.82, 2.24) is 4.90 Å². The SMILES string of the molecule is CN1CC[C@H](c2c(O)cc(O)c3c(=O)cc(N4CCCCC4)oc23)[C@H](O)C1. The molecule has 2 aliphatic rings. The van der Waals surface area contributed by atoms with Crippen molar-refractivity contribution in [2.75, 3.05) is 38.1 Å². The summed E-state index contributed by atoms with van der Waals surface area (Å²) in [5, 5.41) is 31.5. The van der Waals surface area contributed by atoms with E-state index in [1.807, 2.05) is 16.8 Å². The Bertz CT molecular complexity index is 903. The standard InChI is InChI=1S/C20H26N2O5/c1-21-8-5-12(16(26)11-21)18-13(23)9-14(24)19-15(25)10-17(27-20(18)19)22-6-3-2-4-7-22/h9-10,12,16,23-24,26H,2-8,11H2,1H3/t12-,16+/m0/s1. The Balaban J connectivity index is 1.89. The number of benzene rings is 1. The van der Waals surface area contributed by atoms with E-state index in [2.05, 4.69) is 0 Å².